The number of sulfonamides is 1. The molecule has 160 valence electrons. The van der Waals surface area contributed by atoms with E-state index in [1.807, 2.05) is 12.1 Å². The first kappa shape index (κ1) is 22.0. The van der Waals surface area contributed by atoms with E-state index in [9.17, 15) is 23.1 Å². The first-order chi connectivity index (χ1) is 14.0. The summed E-state index contributed by atoms with van der Waals surface area (Å²) in [5.74, 6) is -1.63. The van der Waals surface area contributed by atoms with E-state index in [1.54, 1.807) is 33.0 Å². The highest BCUT2D eigenvalue weighted by atomic mass is 32.2. The number of methoxy groups -OCH3 is 1. The molecule has 1 aromatic heterocycles. The van der Waals surface area contributed by atoms with Crippen LogP contribution in [0.4, 0.5) is 10.5 Å². The van der Waals surface area contributed by atoms with Crippen LogP contribution in [0.2, 0.25) is 0 Å². The first-order valence-corrected chi connectivity index (χ1v) is 11.4. The van der Waals surface area contributed by atoms with Crippen LogP contribution < -0.4 is 9.62 Å². The molecule has 0 spiro atoms. The van der Waals surface area contributed by atoms with Gasteiger partial charge in [-0.25, -0.2) is 13.2 Å². The average molecular weight is 451 g/mol. The van der Waals surface area contributed by atoms with Crippen molar-refractivity contribution in [2.24, 2.45) is 5.92 Å². The number of nitrogens with zero attached hydrogens (tertiary/aromatic N) is 1. The van der Waals surface area contributed by atoms with Crippen LogP contribution in [0, 0.1) is 5.92 Å². The predicted molar refractivity (Wildman–Crippen MR) is 117 cm³/mol. The topological polar surface area (TPSA) is 113 Å². The lowest BCUT2D eigenvalue weighted by atomic mass is 10.1. The summed E-state index contributed by atoms with van der Waals surface area (Å²) in [7, 11) is -1.10. The number of carbonyl (C=O) groups excluding carboxylic acids is 1. The number of fused-ring (bicyclic) bond motifs is 3. The summed E-state index contributed by atoms with van der Waals surface area (Å²) < 4.78 is 34.1. The molecule has 0 unspecified atom stereocenters. The molecule has 0 bridgehead atoms. The van der Waals surface area contributed by atoms with Gasteiger partial charge < -0.3 is 9.84 Å². The van der Waals surface area contributed by atoms with Gasteiger partial charge in [-0.15, -0.1) is 11.3 Å². The molecule has 3 rings (SSSR count). The Bertz CT molecular complexity index is 1230. The van der Waals surface area contributed by atoms with Gasteiger partial charge in [-0.05, 0) is 30.2 Å². The summed E-state index contributed by atoms with van der Waals surface area (Å²) in [6.45, 7) is 3.28. The molecule has 0 radical (unpaired) electrons. The lowest BCUT2D eigenvalue weighted by molar-refractivity contribution is -0.140. The van der Waals surface area contributed by atoms with E-state index >= 15 is 0 Å². The second-order valence-corrected chi connectivity index (χ2v) is 9.95. The standard InChI is InChI=1S/C20H22N2O6S2/c1-11(2)18(19(23)24)21-30(26,27)13-6-8-15-14-7-5-12(22(3)20(25)28-4)9-16(14)29-17(15)10-13/h5-11,18,21H,1-4H3,(H,23,24)/t18-/m0/s1. The molecule has 0 aliphatic carbocycles. The Balaban J connectivity index is 2.02. The van der Waals surface area contributed by atoms with Crippen LogP contribution in [0.25, 0.3) is 20.2 Å². The summed E-state index contributed by atoms with van der Waals surface area (Å²) in [6, 6.07) is 8.98. The monoisotopic (exact) mass is 450 g/mol. The fourth-order valence-corrected chi connectivity index (χ4v) is 5.69. The molecule has 0 aliphatic rings. The van der Waals surface area contributed by atoms with Gasteiger partial charge in [0.15, 0.2) is 0 Å². The van der Waals surface area contributed by atoms with Gasteiger partial charge in [0.25, 0.3) is 0 Å². The number of hydrogen-bond acceptors (Lipinski definition) is 6. The van der Waals surface area contributed by atoms with Crippen molar-refractivity contribution >= 4 is 59.3 Å². The molecule has 8 nitrogen and oxygen atoms in total. The molecule has 0 saturated carbocycles. The van der Waals surface area contributed by atoms with E-state index in [-0.39, 0.29) is 4.90 Å². The summed E-state index contributed by atoms with van der Waals surface area (Å²) >= 11 is 1.39. The van der Waals surface area contributed by atoms with E-state index < -0.39 is 34.0 Å². The number of benzene rings is 2. The quantitative estimate of drug-likeness (QED) is 0.593. The van der Waals surface area contributed by atoms with Crippen molar-refractivity contribution in [3.63, 3.8) is 0 Å². The van der Waals surface area contributed by atoms with E-state index in [0.29, 0.717) is 5.69 Å². The zero-order chi connectivity index (χ0) is 22.2. The van der Waals surface area contributed by atoms with E-state index in [2.05, 4.69) is 4.72 Å². The van der Waals surface area contributed by atoms with Gasteiger partial charge >= 0.3 is 12.1 Å². The molecule has 3 aromatic rings. The van der Waals surface area contributed by atoms with Crippen molar-refractivity contribution in [2.75, 3.05) is 19.1 Å². The lowest BCUT2D eigenvalue weighted by Crippen LogP contribution is -2.44. The smallest absolute Gasteiger partial charge is 0.413 e. The highest BCUT2D eigenvalue weighted by Gasteiger charge is 2.28. The lowest BCUT2D eigenvalue weighted by Gasteiger charge is -2.18. The van der Waals surface area contributed by atoms with Gasteiger partial charge in [0, 0.05) is 32.9 Å². The summed E-state index contributed by atoms with van der Waals surface area (Å²) in [5.41, 5.74) is 0.650. The maximum Gasteiger partial charge on any atom is 0.413 e. The zero-order valence-corrected chi connectivity index (χ0v) is 18.5. The van der Waals surface area contributed by atoms with Crippen molar-refractivity contribution in [2.45, 2.75) is 24.8 Å². The Kier molecular flexibility index (Phi) is 6.02. The number of carbonyl (C=O) groups is 2. The fourth-order valence-electron chi connectivity index (χ4n) is 3.07. The van der Waals surface area contributed by atoms with Crippen LogP contribution in [0.15, 0.2) is 41.3 Å². The molecular formula is C20H22N2O6S2. The van der Waals surface area contributed by atoms with E-state index in [1.165, 1.54) is 35.5 Å². The number of anilines is 1. The SMILES string of the molecule is COC(=O)N(C)c1ccc2c(c1)sc1cc(S(=O)(=O)N[C@H](C(=O)O)C(C)C)ccc12. The molecule has 0 fully saturated rings. The number of thiophene rings is 1. The molecule has 2 N–H and O–H groups in total. The number of hydrogen-bond donors (Lipinski definition) is 2. The largest absolute Gasteiger partial charge is 0.480 e. The van der Waals surface area contributed by atoms with Crippen LogP contribution in [-0.2, 0) is 19.6 Å². The van der Waals surface area contributed by atoms with E-state index in [0.717, 1.165) is 20.2 Å². The van der Waals surface area contributed by atoms with Crippen LogP contribution in [0.5, 0.6) is 0 Å². The minimum Gasteiger partial charge on any atom is -0.480 e. The highest BCUT2D eigenvalue weighted by molar-refractivity contribution is 7.89. The van der Waals surface area contributed by atoms with Crippen molar-refractivity contribution in [1.29, 1.82) is 0 Å². The third-order valence-corrected chi connectivity index (χ3v) is 7.34. The maximum absolute atomic E-state index is 12.7. The number of rotatable bonds is 6. The van der Waals surface area contributed by atoms with Crippen LogP contribution in [-0.4, -0.2) is 45.8 Å². The number of ether oxygens (including phenoxy) is 1. The average Bonchev–Trinajstić information content (AvgIpc) is 3.07. The van der Waals surface area contributed by atoms with Gasteiger partial charge in [-0.3, -0.25) is 9.69 Å². The van der Waals surface area contributed by atoms with Crippen LogP contribution in [0.3, 0.4) is 0 Å². The van der Waals surface area contributed by atoms with Gasteiger partial charge in [-0.1, -0.05) is 26.0 Å². The predicted octanol–water partition coefficient (Wildman–Crippen LogP) is 3.64. The molecule has 0 aliphatic heterocycles. The van der Waals surface area contributed by atoms with Gasteiger partial charge in [0.05, 0.1) is 12.0 Å². The highest BCUT2D eigenvalue weighted by Crippen LogP contribution is 2.37. The molecule has 1 heterocycles. The van der Waals surface area contributed by atoms with Crippen molar-refractivity contribution in [3.8, 4) is 0 Å². The number of carboxylic acid groups (broad SMARTS) is 1. The molecule has 10 heteroatoms. The Morgan fingerprint density at radius 2 is 1.70 bits per heavy atom. The normalized spacial score (nSPS) is 13.0. The zero-order valence-electron chi connectivity index (χ0n) is 16.9. The van der Waals surface area contributed by atoms with Crippen molar-refractivity contribution in [1.82, 2.24) is 4.72 Å². The minimum atomic E-state index is -4.01. The first-order valence-electron chi connectivity index (χ1n) is 9.08. The number of carboxylic acids is 1. The summed E-state index contributed by atoms with van der Waals surface area (Å²) in [4.78, 5) is 24.5. The molecule has 2 aromatic carbocycles. The number of aliphatic carboxylic acids is 1. The van der Waals surface area contributed by atoms with Gasteiger partial charge in [-0.2, -0.15) is 4.72 Å². The van der Waals surface area contributed by atoms with Crippen molar-refractivity contribution < 1.29 is 27.9 Å². The molecule has 1 atom stereocenters. The number of amides is 1. The van der Waals surface area contributed by atoms with Gasteiger partial charge in [0.1, 0.15) is 6.04 Å². The summed E-state index contributed by atoms with van der Waals surface area (Å²) in [5, 5.41) is 11.1. The molecule has 1 amide bonds. The molecule has 0 saturated heterocycles. The second-order valence-electron chi connectivity index (χ2n) is 7.15. The third kappa shape index (κ3) is 4.11. The van der Waals surface area contributed by atoms with Gasteiger partial charge in [0.2, 0.25) is 10.0 Å². The third-order valence-electron chi connectivity index (χ3n) is 4.79. The number of nitrogens with one attached hydrogen (secondary N) is 1. The Hall–Kier alpha value is -2.69. The maximum atomic E-state index is 12.7. The molecular weight excluding hydrogens is 428 g/mol. The Morgan fingerprint density at radius 1 is 1.10 bits per heavy atom. The molecule has 30 heavy (non-hydrogen) atoms. The van der Waals surface area contributed by atoms with Crippen LogP contribution in [0.1, 0.15) is 13.8 Å². The van der Waals surface area contributed by atoms with Crippen LogP contribution >= 0.6 is 11.3 Å². The van der Waals surface area contributed by atoms with Crippen molar-refractivity contribution in [3.05, 3.63) is 36.4 Å². The fraction of sp³-hybridized carbons (Fsp3) is 0.300. The van der Waals surface area contributed by atoms with E-state index in [4.69, 9.17) is 4.74 Å². The Morgan fingerprint density at radius 3 is 2.27 bits per heavy atom. The minimum absolute atomic E-state index is 0.000332. The second kappa shape index (κ2) is 8.21. The summed E-state index contributed by atoms with van der Waals surface area (Å²) in [6.07, 6.45) is -0.493. The Labute approximate surface area is 178 Å².